The molecule has 0 saturated heterocycles. The van der Waals surface area contributed by atoms with Crippen LogP contribution in [0.15, 0.2) is 42.4 Å². The number of rotatable bonds is 2. The molecule has 0 bridgehead atoms. The molecule has 12 heavy (non-hydrogen) atoms. The van der Waals surface area contributed by atoms with Crippen molar-refractivity contribution in [3.8, 4) is 0 Å². The van der Waals surface area contributed by atoms with Crippen molar-refractivity contribution < 1.29 is 4.84 Å². The summed E-state index contributed by atoms with van der Waals surface area (Å²) in [4.78, 5) is 4.95. The fourth-order valence-corrected chi connectivity index (χ4v) is 0.934. The highest BCUT2D eigenvalue weighted by atomic mass is 16.7. The van der Waals surface area contributed by atoms with Crippen LogP contribution >= 0.6 is 0 Å². The molecule has 1 aliphatic heterocycles. The number of anilines is 1. The Kier molecular flexibility index (Phi) is 1.83. The Balaban J connectivity index is 2.04. The normalized spacial score (nSPS) is 14.5. The van der Waals surface area contributed by atoms with Crippen LogP contribution in [0.4, 0.5) is 5.69 Å². The van der Waals surface area contributed by atoms with Crippen LogP contribution in [0.2, 0.25) is 0 Å². The number of hydrazine groups is 1. The van der Waals surface area contributed by atoms with Crippen molar-refractivity contribution in [2.24, 2.45) is 0 Å². The van der Waals surface area contributed by atoms with Gasteiger partial charge in [0, 0.05) is 5.69 Å². The Labute approximate surface area is 70.2 Å². The monoisotopic (exact) mass is 163 g/mol. The number of para-hydroxylation sites is 1. The Morgan fingerprint density at radius 1 is 1.17 bits per heavy atom. The standard InChI is InChI=1S/C8H9N3O/c1-2-4-7(5-3-1)10-8-6-9-11-12-8/h1-6,9-11H. The summed E-state index contributed by atoms with van der Waals surface area (Å²) in [5.74, 6) is 0.654. The lowest BCUT2D eigenvalue weighted by Crippen LogP contribution is -2.18. The van der Waals surface area contributed by atoms with Crippen LogP contribution in [-0.4, -0.2) is 0 Å². The molecule has 1 heterocycles. The molecule has 0 spiro atoms. The molecular formula is C8H9N3O. The number of hydrogen-bond donors (Lipinski definition) is 3. The van der Waals surface area contributed by atoms with Crippen LogP contribution in [0.25, 0.3) is 0 Å². The van der Waals surface area contributed by atoms with Crippen LogP contribution in [0.3, 0.4) is 0 Å². The summed E-state index contributed by atoms with van der Waals surface area (Å²) in [5.41, 5.74) is 6.18. The predicted molar refractivity (Wildman–Crippen MR) is 45.5 cm³/mol. The van der Waals surface area contributed by atoms with Crippen molar-refractivity contribution in [1.29, 1.82) is 0 Å². The summed E-state index contributed by atoms with van der Waals surface area (Å²) >= 11 is 0. The third kappa shape index (κ3) is 1.49. The van der Waals surface area contributed by atoms with Gasteiger partial charge in [0.05, 0.1) is 6.20 Å². The highest BCUT2D eigenvalue weighted by Gasteiger charge is 2.02. The molecule has 4 nitrogen and oxygen atoms in total. The quantitative estimate of drug-likeness (QED) is 0.607. The van der Waals surface area contributed by atoms with E-state index in [2.05, 4.69) is 16.3 Å². The van der Waals surface area contributed by atoms with Crippen molar-refractivity contribution in [3.05, 3.63) is 42.4 Å². The highest BCUT2D eigenvalue weighted by Crippen LogP contribution is 2.09. The van der Waals surface area contributed by atoms with E-state index in [4.69, 9.17) is 4.84 Å². The first-order valence-electron chi connectivity index (χ1n) is 3.65. The average Bonchev–Trinajstić information content (AvgIpc) is 2.59. The lowest BCUT2D eigenvalue weighted by molar-refractivity contribution is 0.116. The summed E-state index contributed by atoms with van der Waals surface area (Å²) in [6, 6.07) is 9.80. The van der Waals surface area contributed by atoms with E-state index in [1.165, 1.54) is 0 Å². The van der Waals surface area contributed by atoms with Crippen molar-refractivity contribution in [1.82, 2.24) is 11.0 Å². The number of hydrogen-bond acceptors (Lipinski definition) is 4. The molecule has 62 valence electrons. The second kappa shape index (κ2) is 3.15. The van der Waals surface area contributed by atoms with Gasteiger partial charge in [-0.3, -0.25) is 5.43 Å². The molecule has 1 aliphatic rings. The van der Waals surface area contributed by atoms with E-state index in [-0.39, 0.29) is 0 Å². The maximum atomic E-state index is 4.95. The topological polar surface area (TPSA) is 45.3 Å². The van der Waals surface area contributed by atoms with Gasteiger partial charge in [-0.25, -0.2) is 0 Å². The number of nitrogens with one attached hydrogen (secondary N) is 3. The maximum absolute atomic E-state index is 4.95. The van der Waals surface area contributed by atoms with Crippen molar-refractivity contribution >= 4 is 5.69 Å². The van der Waals surface area contributed by atoms with E-state index in [0.29, 0.717) is 5.88 Å². The first-order chi connectivity index (χ1) is 5.95. The molecule has 0 radical (unpaired) electrons. The van der Waals surface area contributed by atoms with E-state index in [9.17, 15) is 0 Å². The lowest BCUT2D eigenvalue weighted by Gasteiger charge is -2.04. The molecule has 1 aromatic rings. The molecule has 0 aromatic heterocycles. The Hall–Kier alpha value is -1.68. The average molecular weight is 163 g/mol. The van der Waals surface area contributed by atoms with Crippen molar-refractivity contribution in [2.45, 2.75) is 0 Å². The van der Waals surface area contributed by atoms with Gasteiger partial charge in [-0.2, -0.15) is 0 Å². The van der Waals surface area contributed by atoms with Gasteiger partial charge in [0.15, 0.2) is 0 Å². The van der Waals surface area contributed by atoms with Gasteiger partial charge in [-0.05, 0) is 12.1 Å². The Morgan fingerprint density at radius 2 is 2.00 bits per heavy atom. The summed E-state index contributed by atoms with van der Waals surface area (Å²) < 4.78 is 0. The number of benzene rings is 1. The maximum Gasteiger partial charge on any atom is 0.236 e. The van der Waals surface area contributed by atoms with Gasteiger partial charge in [0.25, 0.3) is 0 Å². The van der Waals surface area contributed by atoms with Gasteiger partial charge in [-0.1, -0.05) is 23.8 Å². The largest absolute Gasteiger partial charge is 0.369 e. The molecule has 4 heteroatoms. The summed E-state index contributed by atoms with van der Waals surface area (Å²) in [7, 11) is 0. The van der Waals surface area contributed by atoms with Crippen molar-refractivity contribution in [2.75, 3.05) is 5.32 Å². The molecule has 0 fully saturated rings. The van der Waals surface area contributed by atoms with E-state index in [0.717, 1.165) is 5.69 Å². The van der Waals surface area contributed by atoms with Gasteiger partial charge >= 0.3 is 0 Å². The van der Waals surface area contributed by atoms with Crippen LogP contribution in [0.5, 0.6) is 0 Å². The van der Waals surface area contributed by atoms with Crippen molar-refractivity contribution in [3.63, 3.8) is 0 Å². The molecule has 0 aliphatic carbocycles. The van der Waals surface area contributed by atoms with E-state index < -0.39 is 0 Å². The minimum Gasteiger partial charge on any atom is -0.369 e. The second-order valence-electron chi connectivity index (χ2n) is 2.35. The fourth-order valence-electron chi connectivity index (χ4n) is 0.934. The molecular weight excluding hydrogens is 154 g/mol. The third-order valence-corrected chi connectivity index (χ3v) is 1.46. The minimum absolute atomic E-state index is 0.654. The fraction of sp³-hybridized carbons (Fsp3) is 0. The zero-order chi connectivity index (χ0) is 8.23. The van der Waals surface area contributed by atoms with Gasteiger partial charge in [0.1, 0.15) is 0 Å². The molecule has 2 rings (SSSR count). The van der Waals surface area contributed by atoms with Crippen LogP contribution in [0, 0.1) is 0 Å². The van der Waals surface area contributed by atoms with Crippen LogP contribution < -0.4 is 16.3 Å². The third-order valence-electron chi connectivity index (χ3n) is 1.46. The highest BCUT2D eigenvalue weighted by molar-refractivity contribution is 5.46. The zero-order valence-electron chi connectivity index (χ0n) is 6.37. The molecule has 3 N–H and O–H groups in total. The molecule has 0 saturated carbocycles. The molecule has 0 amide bonds. The first kappa shape index (κ1) is 7.00. The zero-order valence-corrected chi connectivity index (χ0v) is 6.37. The minimum atomic E-state index is 0.654. The molecule has 0 unspecified atom stereocenters. The lowest BCUT2D eigenvalue weighted by atomic mass is 10.3. The summed E-state index contributed by atoms with van der Waals surface area (Å²) in [5, 5.41) is 3.05. The van der Waals surface area contributed by atoms with E-state index in [1.807, 2.05) is 30.3 Å². The molecule has 0 atom stereocenters. The smallest absolute Gasteiger partial charge is 0.236 e. The molecule has 1 aromatic carbocycles. The summed E-state index contributed by atoms with van der Waals surface area (Å²) in [6.07, 6.45) is 1.70. The van der Waals surface area contributed by atoms with Gasteiger partial charge < -0.3 is 10.2 Å². The first-order valence-corrected chi connectivity index (χ1v) is 3.65. The Bertz CT molecular complexity index is 284. The van der Waals surface area contributed by atoms with E-state index in [1.54, 1.807) is 6.20 Å². The van der Waals surface area contributed by atoms with E-state index >= 15 is 0 Å². The van der Waals surface area contributed by atoms with Crippen LogP contribution in [0.1, 0.15) is 0 Å². The predicted octanol–water partition coefficient (Wildman–Crippen LogP) is 0.937. The Morgan fingerprint density at radius 3 is 2.67 bits per heavy atom. The summed E-state index contributed by atoms with van der Waals surface area (Å²) in [6.45, 7) is 0. The van der Waals surface area contributed by atoms with Gasteiger partial charge in [-0.15, -0.1) is 0 Å². The van der Waals surface area contributed by atoms with Gasteiger partial charge in [0.2, 0.25) is 5.88 Å². The van der Waals surface area contributed by atoms with Crippen LogP contribution in [-0.2, 0) is 4.84 Å². The second-order valence-corrected chi connectivity index (χ2v) is 2.35. The SMILES string of the molecule is C1=C(Nc2ccccc2)ONN1.